The molecule has 2 fully saturated rings. The molecule has 2 aromatic rings. The largest absolute Gasteiger partial charge is 0.491 e. The molecule has 1 saturated carbocycles. The molecule has 4 nitrogen and oxygen atoms in total. The van der Waals surface area contributed by atoms with Crippen molar-refractivity contribution in [1.29, 1.82) is 0 Å². The summed E-state index contributed by atoms with van der Waals surface area (Å²) in [5.41, 5.74) is 0. The summed E-state index contributed by atoms with van der Waals surface area (Å²) >= 11 is 0. The Balaban J connectivity index is 0.000000278. The van der Waals surface area contributed by atoms with E-state index in [9.17, 15) is 5.11 Å². The van der Waals surface area contributed by atoms with Crippen LogP contribution in [0.5, 0.6) is 5.75 Å². The van der Waals surface area contributed by atoms with Crippen molar-refractivity contribution in [1.82, 2.24) is 10.2 Å². The van der Waals surface area contributed by atoms with E-state index in [1.165, 1.54) is 12.8 Å². The number of para-hydroxylation sites is 1. The van der Waals surface area contributed by atoms with E-state index in [0.29, 0.717) is 13.2 Å². The van der Waals surface area contributed by atoms with E-state index in [1.54, 1.807) is 0 Å². The monoisotopic (exact) mass is 354 g/mol. The summed E-state index contributed by atoms with van der Waals surface area (Å²) in [6, 6.07) is 22.5. The Morgan fingerprint density at radius 1 is 0.962 bits per heavy atom. The molecular weight excluding hydrogens is 324 g/mol. The van der Waals surface area contributed by atoms with Crippen molar-refractivity contribution in [2.75, 3.05) is 32.8 Å². The lowest BCUT2D eigenvalue weighted by Crippen LogP contribution is -2.53. The lowest BCUT2D eigenvalue weighted by Gasteiger charge is -2.40. The summed E-state index contributed by atoms with van der Waals surface area (Å²) < 4.78 is 5.56. The first-order valence-corrected chi connectivity index (χ1v) is 9.61. The van der Waals surface area contributed by atoms with Crippen LogP contribution in [0.15, 0.2) is 66.7 Å². The van der Waals surface area contributed by atoms with Crippen LogP contribution in [0.25, 0.3) is 0 Å². The second kappa shape index (κ2) is 10.3. The molecule has 2 aliphatic rings. The number of likely N-dealkylation sites (tertiary alicyclic amines) is 1. The summed E-state index contributed by atoms with van der Waals surface area (Å²) in [5, 5.41) is 13.5. The zero-order valence-corrected chi connectivity index (χ0v) is 15.3. The predicted octanol–water partition coefficient (Wildman–Crippen LogP) is 2.80. The van der Waals surface area contributed by atoms with Gasteiger partial charge in [-0.3, -0.25) is 4.90 Å². The molecule has 0 amide bonds. The molecule has 0 radical (unpaired) electrons. The smallest absolute Gasteiger partial charge is 0.119 e. The van der Waals surface area contributed by atoms with E-state index >= 15 is 0 Å². The maximum absolute atomic E-state index is 9.98. The zero-order valence-electron chi connectivity index (χ0n) is 15.3. The van der Waals surface area contributed by atoms with Crippen LogP contribution in [0.3, 0.4) is 0 Å². The third-order valence-electron chi connectivity index (χ3n) is 4.63. The average Bonchev–Trinajstić information content (AvgIpc) is 3.49. The molecule has 1 heterocycles. The molecule has 0 spiro atoms. The standard InChI is InChI=1S/C16H24N2O2.C6H6/c19-15(12-20-16-4-2-1-3-5-16)11-18-9-13(10-18)8-17-14-6-7-14;1-2-4-6-5-3-1/h1-5,13-15,17,19H,6-12H2;1-6H. The van der Waals surface area contributed by atoms with Gasteiger partial charge in [0.05, 0.1) is 0 Å². The van der Waals surface area contributed by atoms with Crippen molar-refractivity contribution < 1.29 is 9.84 Å². The maximum Gasteiger partial charge on any atom is 0.119 e. The van der Waals surface area contributed by atoms with Crippen molar-refractivity contribution in [2.24, 2.45) is 5.92 Å². The first kappa shape index (κ1) is 18.9. The lowest BCUT2D eigenvalue weighted by molar-refractivity contribution is 0.0199. The van der Waals surface area contributed by atoms with Crippen LogP contribution in [0.4, 0.5) is 0 Å². The molecule has 0 aromatic heterocycles. The number of nitrogens with one attached hydrogen (secondary N) is 1. The van der Waals surface area contributed by atoms with Crippen molar-refractivity contribution in [3.63, 3.8) is 0 Å². The van der Waals surface area contributed by atoms with Gasteiger partial charge < -0.3 is 15.2 Å². The number of rotatable bonds is 8. The topological polar surface area (TPSA) is 44.7 Å². The van der Waals surface area contributed by atoms with Gasteiger partial charge in [0.15, 0.2) is 0 Å². The molecule has 0 bridgehead atoms. The number of nitrogens with zero attached hydrogens (tertiary/aromatic N) is 1. The van der Waals surface area contributed by atoms with Crippen LogP contribution in [0, 0.1) is 5.92 Å². The lowest BCUT2D eigenvalue weighted by atomic mass is 9.99. The highest BCUT2D eigenvalue weighted by molar-refractivity contribution is 5.20. The Morgan fingerprint density at radius 3 is 2.12 bits per heavy atom. The highest BCUT2D eigenvalue weighted by atomic mass is 16.5. The van der Waals surface area contributed by atoms with Crippen molar-refractivity contribution in [3.05, 3.63) is 66.7 Å². The first-order valence-electron chi connectivity index (χ1n) is 9.61. The van der Waals surface area contributed by atoms with E-state index in [2.05, 4.69) is 10.2 Å². The third-order valence-corrected chi connectivity index (χ3v) is 4.63. The Bertz CT molecular complexity index is 571. The molecule has 1 aliphatic heterocycles. The van der Waals surface area contributed by atoms with Gasteiger partial charge in [0, 0.05) is 32.2 Å². The quantitative estimate of drug-likeness (QED) is 0.765. The highest BCUT2D eigenvalue weighted by Gasteiger charge is 2.30. The molecular formula is C22H30N2O2. The number of benzene rings is 2. The summed E-state index contributed by atoms with van der Waals surface area (Å²) in [6.45, 7) is 4.42. The zero-order chi connectivity index (χ0) is 18.0. The van der Waals surface area contributed by atoms with E-state index in [0.717, 1.165) is 37.3 Å². The first-order chi connectivity index (χ1) is 12.8. The minimum atomic E-state index is -0.410. The second-order valence-electron chi connectivity index (χ2n) is 7.20. The Morgan fingerprint density at radius 2 is 1.54 bits per heavy atom. The number of hydrogen-bond acceptors (Lipinski definition) is 4. The SMILES string of the molecule is OC(COc1ccccc1)CN1CC(CNC2CC2)C1.c1ccccc1. The van der Waals surface area contributed by atoms with Gasteiger partial charge in [-0.05, 0) is 30.9 Å². The molecule has 1 aliphatic carbocycles. The molecule has 1 atom stereocenters. The fraction of sp³-hybridized carbons (Fsp3) is 0.455. The Hall–Kier alpha value is -1.88. The van der Waals surface area contributed by atoms with Crippen molar-refractivity contribution >= 4 is 0 Å². The Labute approximate surface area is 156 Å². The molecule has 1 unspecified atom stereocenters. The average molecular weight is 354 g/mol. The van der Waals surface area contributed by atoms with Gasteiger partial charge in [-0.1, -0.05) is 54.6 Å². The van der Waals surface area contributed by atoms with E-state index in [4.69, 9.17) is 4.74 Å². The van der Waals surface area contributed by atoms with Crippen LogP contribution in [0.2, 0.25) is 0 Å². The number of β-amino-alcohol motifs (C(OH)–C–C–N with tert-alkyl or cyclic N) is 1. The molecule has 2 aromatic carbocycles. The van der Waals surface area contributed by atoms with Crippen LogP contribution in [-0.4, -0.2) is 54.9 Å². The maximum atomic E-state index is 9.98. The summed E-state index contributed by atoms with van der Waals surface area (Å²) in [4.78, 5) is 2.30. The third kappa shape index (κ3) is 7.16. The second-order valence-corrected chi connectivity index (χ2v) is 7.20. The minimum absolute atomic E-state index is 0.367. The van der Waals surface area contributed by atoms with Crippen LogP contribution < -0.4 is 10.1 Å². The van der Waals surface area contributed by atoms with Crippen molar-refractivity contribution in [3.8, 4) is 5.75 Å². The van der Waals surface area contributed by atoms with Crippen LogP contribution >= 0.6 is 0 Å². The molecule has 4 heteroatoms. The van der Waals surface area contributed by atoms with Gasteiger partial charge in [0.2, 0.25) is 0 Å². The normalized spacial score (nSPS) is 18.3. The van der Waals surface area contributed by atoms with Gasteiger partial charge in [0.25, 0.3) is 0 Å². The fourth-order valence-corrected chi connectivity index (χ4v) is 3.02. The van der Waals surface area contributed by atoms with Crippen LogP contribution in [0.1, 0.15) is 12.8 Å². The van der Waals surface area contributed by atoms with Gasteiger partial charge in [-0.15, -0.1) is 0 Å². The van der Waals surface area contributed by atoms with Gasteiger partial charge in [-0.2, -0.15) is 0 Å². The molecule has 2 N–H and O–H groups in total. The summed E-state index contributed by atoms with van der Waals surface area (Å²) in [7, 11) is 0. The van der Waals surface area contributed by atoms with Gasteiger partial charge >= 0.3 is 0 Å². The molecule has 26 heavy (non-hydrogen) atoms. The minimum Gasteiger partial charge on any atom is -0.491 e. The molecule has 4 rings (SSSR count). The summed E-state index contributed by atoms with van der Waals surface area (Å²) in [5.74, 6) is 1.58. The number of aliphatic hydroxyl groups excluding tert-OH is 1. The summed E-state index contributed by atoms with van der Waals surface area (Å²) in [6.07, 6.45) is 2.30. The number of aliphatic hydroxyl groups is 1. The van der Waals surface area contributed by atoms with E-state index in [1.807, 2.05) is 66.7 Å². The van der Waals surface area contributed by atoms with E-state index < -0.39 is 6.10 Å². The molecule has 1 saturated heterocycles. The fourth-order valence-electron chi connectivity index (χ4n) is 3.02. The van der Waals surface area contributed by atoms with E-state index in [-0.39, 0.29) is 0 Å². The number of ether oxygens (including phenoxy) is 1. The Kier molecular flexibility index (Phi) is 7.50. The van der Waals surface area contributed by atoms with Crippen LogP contribution in [-0.2, 0) is 0 Å². The van der Waals surface area contributed by atoms with Crippen molar-refractivity contribution in [2.45, 2.75) is 25.0 Å². The van der Waals surface area contributed by atoms with Gasteiger partial charge in [0.1, 0.15) is 18.5 Å². The highest BCUT2D eigenvalue weighted by Crippen LogP contribution is 2.21. The predicted molar refractivity (Wildman–Crippen MR) is 105 cm³/mol. The van der Waals surface area contributed by atoms with Gasteiger partial charge in [-0.25, -0.2) is 0 Å². The molecule has 140 valence electrons. The number of hydrogen-bond donors (Lipinski definition) is 2.